The maximum absolute atomic E-state index is 8.79. The molecule has 0 saturated carbocycles. The quantitative estimate of drug-likeness (QED) is 0.689. The Bertz CT molecular complexity index is 147. The van der Waals surface area contributed by atoms with Crippen LogP contribution < -0.4 is 0 Å². The van der Waals surface area contributed by atoms with E-state index in [1.165, 1.54) is 38.9 Å². The van der Waals surface area contributed by atoms with Gasteiger partial charge in [0.05, 0.1) is 0 Å². The lowest BCUT2D eigenvalue weighted by molar-refractivity contribution is 0.175. The number of nitrogens with zero attached hydrogens (tertiary/aromatic N) is 2. The second-order valence-corrected chi connectivity index (χ2v) is 4.41. The predicted molar refractivity (Wildman–Crippen MR) is 64.1 cm³/mol. The van der Waals surface area contributed by atoms with Crippen molar-refractivity contribution in [3.63, 3.8) is 0 Å². The first-order valence-corrected chi connectivity index (χ1v) is 6.42. The van der Waals surface area contributed by atoms with Crippen LogP contribution >= 0.6 is 0 Å². The van der Waals surface area contributed by atoms with Crippen LogP contribution in [0.4, 0.5) is 0 Å². The summed E-state index contributed by atoms with van der Waals surface area (Å²) in [7, 11) is 0. The third kappa shape index (κ3) is 5.50. The monoisotopic (exact) mass is 214 g/mol. The standard InChI is InChI=1S/C12H26N2O/c1-2-13(9-6-12-15)10-11-14-7-4-3-5-8-14/h15H,2-12H2,1H3. The third-order valence-corrected chi connectivity index (χ3v) is 3.26. The van der Waals surface area contributed by atoms with Gasteiger partial charge in [-0.1, -0.05) is 13.3 Å². The number of likely N-dealkylation sites (N-methyl/N-ethyl adjacent to an activating group) is 1. The molecule has 3 nitrogen and oxygen atoms in total. The third-order valence-electron chi connectivity index (χ3n) is 3.26. The van der Waals surface area contributed by atoms with Crippen molar-refractivity contribution < 1.29 is 5.11 Å². The van der Waals surface area contributed by atoms with Gasteiger partial charge in [0, 0.05) is 26.2 Å². The van der Waals surface area contributed by atoms with E-state index in [1.54, 1.807) is 0 Å². The fourth-order valence-corrected chi connectivity index (χ4v) is 2.19. The summed E-state index contributed by atoms with van der Waals surface area (Å²) in [4.78, 5) is 5.01. The fourth-order valence-electron chi connectivity index (χ4n) is 2.19. The normalized spacial score (nSPS) is 18.6. The van der Waals surface area contributed by atoms with Crippen LogP contribution in [0.25, 0.3) is 0 Å². The van der Waals surface area contributed by atoms with Crippen LogP contribution in [0.15, 0.2) is 0 Å². The summed E-state index contributed by atoms with van der Waals surface area (Å²) in [5, 5.41) is 8.79. The molecule has 0 aromatic heterocycles. The number of rotatable bonds is 7. The molecule has 1 fully saturated rings. The van der Waals surface area contributed by atoms with E-state index in [-0.39, 0.29) is 0 Å². The Labute approximate surface area is 94.1 Å². The zero-order valence-corrected chi connectivity index (χ0v) is 10.1. The van der Waals surface area contributed by atoms with Crippen molar-refractivity contribution in [2.75, 3.05) is 45.9 Å². The summed E-state index contributed by atoms with van der Waals surface area (Å²) in [5.41, 5.74) is 0. The second-order valence-electron chi connectivity index (χ2n) is 4.41. The van der Waals surface area contributed by atoms with Crippen molar-refractivity contribution in [3.8, 4) is 0 Å². The van der Waals surface area contributed by atoms with Gasteiger partial charge in [-0.15, -0.1) is 0 Å². The Morgan fingerprint density at radius 1 is 1.13 bits per heavy atom. The van der Waals surface area contributed by atoms with E-state index >= 15 is 0 Å². The molecule has 90 valence electrons. The lowest BCUT2D eigenvalue weighted by Crippen LogP contribution is -2.38. The van der Waals surface area contributed by atoms with E-state index in [0.29, 0.717) is 6.61 Å². The summed E-state index contributed by atoms with van der Waals surface area (Å²) >= 11 is 0. The maximum atomic E-state index is 8.79. The molecule has 0 aromatic rings. The topological polar surface area (TPSA) is 26.7 Å². The minimum Gasteiger partial charge on any atom is -0.396 e. The molecule has 1 rings (SSSR count). The van der Waals surface area contributed by atoms with Gasteiger partial charge in [-0.05, 0) is 38.9 Å². The summed E-state index contributed by atoms with van der Waals surface area (Å²) < 4.78 is 0. The van der Waals surface area contributed by atoms with Crippen LogP contribution in [0.1, 0.15) is 32.6 Å². The smallest absolute Gasteiger partial charge is 0.0443 e. The Morgan fingerprint density at radius 3 is 2.47 bits per heavy atom. The molecule has 0 unspecified atom stereocenters. The van der Waals surface area contributed by atoms with E-state index in [0.717, 1.165) is 26.1 Å². The van der Waals surface area contributed by atoms with Gasteiger partial charge >= 0.3 is 0 Å². The second kappa shape index (κ2) is 8.08. The number of hydrogen-bond donors (Lipinski definition) is 1. The Kier molecular flexibility index (Phi) is 6.98. The number of aliphatic hydroxyl groups is 1. The average molecular weight is 214 g/mol. The minimum absolute atomic E-state index is 0.320. The van der Waals surface area contributed by atoms with E-state index < -0.39 is 0 Å². The first-order valence-electron chi connectivity index (χ1n) is 6.42. The van der Waals surface area contributed by atoms with Crippen LogP contribution in [-0.2, 0) is 0 Å². The largest absolute Gasteiger partial charge is 0.396 e. The van der Waals surface area contributed by atoms with Gasteiger partial charge in [0.25, 0.3) is 0 Å². The highest BCUT2D eigenvalue weighted by atomic mass is 16.3. The molecule has 0 aliphatic carbocycles. The minimum atomic E-state index is 0.320. The number of aliphatic hydroxyl groups excluding tert-OH is 1. The Balaban J connectivity index is 2.09. The van der Waals surface area contributed by atoms with Crippen molar-refractivity contribution in [1.29, 1.82) is 0 Å². The van der Waals surface area contributed by atoms with E-state index in [2.05, 4.69) is 16.7 Å². The fraction of sp³-hybridized carbons (Fsp3) is 1.00. The van der Waals surface area contributed by atoms with Crippen molar-refractivity contribution in [1.82, 2.24) is 9.80 Å². The summed E-state index contributed by atoms with van der Waals surface area (Å²) in [6, 6.07) is 0. The van der Waals surface area contributed by atoms with Gasteiger partial charge in [0.2, 0.25) is 0 Å². The number of piperidine rings is 1. The molecule has 1 saturated heterocycles. The van der Waals surface area contributed by atoms with Gasteiger partial charge in [-0.3, -0.25) is 0 Å². The molecule has 0 atom stereocenters. The van der Waals surface area contributed by atoms with Crippen LogP contribution in [-0.4, -0.2) is 60.8 Å². The molecule has 1 N–H and O–H groups in total. The average Bonchev–Trinajstić information content (AvgIpc) is 2.31. The molecule has 1 heterocycles. The van der Waals surface area contributed by atoms with E-state index in [9.17, 15) is 0 Å². The van der Waals surface area contributed by atoms with Crippen LogP contribution in [0, 0.1) is 0 Å². The van der Waals surface area contributed by atoms with Gasteiger partial charge in [-0.25, -0.2) is 0 Å². The van der Waals surface area contributed by atoms with Crippen LogP contribution in [0.3, 0.4) is 0 Å². The lowest BCUT2D eigenvalue weighted by Gasteiger charge is -2.29. The molecule has 0 spiro atoms. The molecular formula is C12H26N2O. The summed E-state index contributed by atoms with van der Waals surface area (Å²) in [6.45, 7) is 9.62. The molecule has 15 heavy (non-hydrogen) atoms. The highest BCUT2D eigenvalue weighted by Gasteiger charge is 2.10. The molecular weight excluding hydrogens is 188 g/mol. The van der Waals surface area contributed by atoms with Gasteiger partial charge in [-0.2, -0.15) is 0 Å². The van der Waals surface area contributed by atoms with Gasteiger partial charge in [0.15, 0.2) is 0 Å². The highest BCUT2D eigenvalue weighted by molar-refractivity contribution is 4.66. The SMILES string of the molecule is CCN(CCCO)CCN1CCCCC1. The Morgan fingerprint density at radius 2 is 1.87 bits per heavy atom. The van der Waals surface area contributed by atoms with Crippen molar-refractivity contribution in [2.24, 2.45) is 0 Å². The van der Waals surface area contributed by atoms with Gasteiger partial charge < -0.3 is 14.9 Å². The van der Waals surface area contributed by atoms with Crippen molar-refractivity contribution in [3.05, 3.63) is 0 Å². The Hall–Kier alpha value is -0.120. The highest BCUT2D eigenvalue weighted by Crippen LogP contribution is 2.08. The van der Waals surface area contributed by atoms with Crippen LogP contribution in [0.2, 0.25) is 0 Å². The lowest BCUT2D eigenvalue weighted by atomic mass is 10.1. The van der Waals surface area contributed by atoms with Crippen molar-refractivity contribution >= 4 is 0 Å². The van der Waals surface area contributed by atoms with E-state index in [4.69, 9.17) is 5.11 Å². The summed E-state index contributed by atoms with van der Waals surface area (Å²) in [5.74, 6) is 0. The maximum Gasteiger partial charge on any atom is 0.0443 e. The molecule has 0 aromatic carbocycles. The summed E-state index contributed by atoms with van der Waals surface area (Å²) in [6.07, 6.45) is 5.08. The number of likely N-dealkylation sites (tertiary alicyclic amines) is 1. The zero-order chi connectivity index (χ0) is 10.9. The predicted octanol–water partition coefficient (Wildman–Crippen LogP) is 1.18. The van der Waals surface area contributed by atoms with Gasteiger partial charge in [0.1, 0.15) is 0 Å². The first kappa shape index (κ1) is 12.9. The molecule has 1 aliphatic heterocycles. The molecule has 3 heteroatoms. The molecule has 0 amide bonds. The molecule has 1 aliphatic rings. The zero-order valence-electron chi connectivity index (χ0n) is 10.1. The van der Waals surface area contributed by atoms with Crippen molar-refractivity contribution in [2.45, 2.75) is 32.6 Å². The molecule has 0 radical (unpaired) electrons. The molecule has 0 bridgehead atoms. The first-order chi connectivity index (χ1) is 7.36. The number of hydrogen-bond acceptors (Lipinski definition) is 3. The van der Waals surface area contributed by atoms with E-state index in [1.807, 2.05) is 0 Å². The van der Waals surface area contributed by atoms with Crippen LogP contribution in [0.5, 0.6) is 0 Å².